The lowest BCUT2D eigenvalue weighted by atomic mass is 10.1. The number of nitrogens with one attached hydrogen (secondary N) is 2. The van der Waals surface area contributed by atoms with E-state index in [0.717, 1.165) is 11.3 Å². The van der Waals surface area contributed by atoms with E-state index >= 15 is 0 Å². The number of likely N-dealkylation sites (N-methyl/N-ethyl adjacent to an activating group) is 1. The Hall–Kier alpha value is -2.74. The van der Waals surface area contributed by atoms with Crippen LogP contribution in [-0.2, 0) is 9.59 Å². The van der Waals surface area contributed by atoms with E-state index in [2.05, 4.69) is 27.6 Å². The van der Waals surface area contributed by atoms with E-state index in [4.69, 9.17) is 0 Å². The van der Waals surface area contributed by atoms with Crippen molar-refractivity contribution in [2.75, 3.05) is 26.7 Å². The highest BCUT2D eigenvalue weighted by molar-refractivity contribution is 5.78. The Bertz CT molecular complexity index is 684. The highest BCUT2D eigenvalue weighted by Crippen LogP contribution is 2.19. The van der Waals surface area contributed by atoms with Crippen LogP contribution >= 0.6 is 0 Å². The maximum Gasteiger partial charge on any atom is 0.234 e. The summed E-state index contributed by atoms with van der Waals surface area (Å²) in [5.74, 6) is -0.173. The third-order valence-electron chi connectivity index (χ3n) is 3.93. The van der Waals surface area contributed by atoms with Gasteiger partial charge < -0.3 is 10.6 Å². The molecule has 8 nitrogen and oxygen atoms in total. The smallest absolute Gasteiger partial charge is 0.234 e. The first-order chi connectivity index (χ1) is 12.0. The molecule has 0 aliphatic carbocycles. The minimum absolute atomic E-state index is 0.0704. The lowest BCUT2D eigenvalue weighted by molar-refractivity contribution is -0.123. The summed E-state index contributed by atoms with van der Waals surface area (Å²) in [6, 6.07) is 8.08. The third-order valence-corrected chi connectivity index (χ3v) is 3.93. The molecule has 1 aromatic heterocycles. The van der Waals surface area contributed by atoms with Gasteiger partial charge in [-0.3, -0.25) is 14.5 Å². The molecule has 2 N–H and O–H groups in total. The Balaban J connectivity index is 1.83. The van der Waals surface area contributed by atoms with Crippen molar-refractivity contribution in [2.24, 2.45) is 0 Å². The van der Waals surface area contributed by atoms with Crippen molar-refractivity contribution < 1.29 is 9.59 Å². The summed E-state index contributed by atoms with van der Waals surface area (Å²) in [6.07, 6.45) is 3.14. The monoisotopic (exact) mass is 344 g/mol. The maximum atomic E-state index is 12.0. The SMILES string of the molecule is CC(=O)NCCNC(=O)CN(C)[C@H](C)c1ccc(-n2cncn2)cc1. The van der Waals surface area contributed by atoms with E-state index in [1.54, 1.807) is 11.0 Å². The van der Waals surface area contributed by atoms with Gasteiger partial charge in [0.2, 0.25) is 11.8 Å². The van der Waals surface area contributed by atoms with Crippen LogP contribution in [0.25, 0.3) is 5.69 Å². The van der Waals surface area contributed by atoms with Crippen molar-refractivity contribution >= 4 is 11.8 Å². The highest BCUT2D eigenvalue weighted by atomic mass is 16.2. The molecule has 0 aliphatic rings. The van der Waals surface area contributed by atoms with E-state index in [0.29, 0.717) is 13.1 Å². The zero-order valence-electron chi connectivity index (χ0n) is 14.8. The van der Waals surface area contributed by atoms with Crippen LogP contribution in [-0.4, -0.2) is 58.2 Å². The Morgan fingerprint density at radius 3 is 2.48 bits per heavy atom. The van der Waals surface area contributed by atoms with Crippen molar-refractivity contribution in [1.82, 2.24) is 30.3 Å². The average molecular weight is 344 g/mol. The van der Waals surface area contributed by atoms with Crippen LogP contribution in [0.4, 0.5) is 0 Å². The molecule has 1 atom stereocenters. The molecule has 0 unspecified atom stereocenters. The molecular formula is C17H24N6O2. The minimum Gasteiger partial charge on any atom is -0.355 e. The summed E-state index contributed by atoms with van der Waals surface area (Å²) in [5, 5.41) is 9.53. The molecule has 2 aromatic rings. The Labute approximate surface area is 147 Å². The molecular weight excluding hydrogens is 320 g/mol. The fourth-order valence-corrected chi connectivity index (χ4v) is 2.36. The van der Waals surface area contributed by atoms with Gasteiger partial charge in [0.25, 0.3) is 0 Å². The molecule has 0 radical (unpaired) electrons. The fraction of sp³-hybridized carbons (Fsp3) is 0.412. The number of amides is 2. The van der Waals surface area contributed by atoms with Gasteiger partial charge in [-0.15, -0.1) is 0 Å². The van der Waals surface area contributed by atoms with Crippen molar-refractivity contribution in [3.8, 4) is 5.69 Å². The largest absolute Gasteiger partial charge is 0.355 e. The van der Waals surface area contributed by atoms with E-state index in [1.165, 1.54) is 13.3 Å². The van der Waals surface area contributed by atoms with Gasteiger partial charge in [0.1, 0.15) is 12.7 Å². The van der Waals surface area contributed by atoms with E-state index in [-0.39, 0.29) is 24.4 Å². The van der Waals surface area contributed by atoms with E-state index < -0.39 is 0 Å². The van der Waals surface area contributed by atoms with Crippen molar-refractivity contribution in [3.05, 3.63) is 42.5 Å². The Morgan fingerprint density at radius 1 is 1.20 bits per heavy atom. The molecule has 0 aliphatic heterocycles. The second-order valence-corrected chi connectivity index (χ2v) is 5.86. The lowest BCUT2D eigenvalue weighted by Crippen LogP contribution is -2.39. The maximum absolute atomic E-state index is 12.0. The molecule has 2 amide bonds. The summed E-state index contributed by atoms with van der Waals surface area (Å²) in [6.45, 7) is 4.64. The van der Waals surface area contributed by atoms with Crippen LogP contribution in [0.15, 0.2) is 36.9 Å². The first-order valence-electron chi connectivity index (χ1n) is 8.13. The van der Waals surface area contributed by atoms with Gasteiger partial charge in [-0.1, -0.05) is 12.1 Å². The number of carbonyl (C=O) groups excluding carboxylic acids is 2. The second kappa shape index (κ2) is 8.93. The van der Waals surface area contributed by atoms with Crippen LogP contribution in [0.3, 0.4) is 0 Å². The second-order valence-electron chi connectivity index (χ2n) is 5.86. The molecule has 134 valence electrons. The van der Waals surface area contributed by atoms with Gasteiger partial charge in [-0.25, -0.2) is 9.67 Å². The Kier molecular flexibility index (Phi) is 6.64. The summed E-state index contributed by atoms with van der Waals surface area (Å²) < 4.78 is 1.70. The van der Waals surface area contributed by atoms with E-state index in [1.807, 2.05) is 36.2 Å². The van der Waals surface area contributed by atoms with E-state index in [9.17, 15) is 9.59 Å². The first kappa shape index (κ1) is 18.6. The molecule has 1 aromatic carbocycles. The lowest BCUT2D eigenvalue weighted by Gasteiger charge is -2.24. The van der Waals surface area contributed by atoms with Crippen LogP contribution in [0, 0.1) is 0 Å². The van der Waals surface area contributed by atoms with Gasteiger partial charge in [0.05, 0.1) is 12.2 Å². The number of nitrogens with zero attached hydrogens (tertiary/aromatic N) is 4. The van der Waals surface area contributed by atoms with Gasteiger partial charge in [-0.05, 0) is 31.7 Å². The van der Waals surface area contributed by atoms with Gasteiger partial charge >= 0.3 is 0 Å². The number of benzene rings is 1. The topological polar surface area (TPSA) is 92.2 Å². The van der Waals surface area contributed by atoms with Crippen LogP contribution in [0.5, 0.6) is 0 Å². The molecule has 1 heterocycles. The molecule has 8 heteroatoms. The van der Waals surface area contributed by atoms with Gasteiger partial charge in [0.15, 0.2) is 0 Å². The number of hydrogen-bond donors (Lipinski definition) is 2. The first-order valence-corrected chi connectivity index (χ1v) is 8.13. The summed E-state index contributed by atoms with van der Waals surface area (Å²) in [4.78, 5) is 28.6. The minimum atomic E-state index is -0.102. The Morgan fingerprint density at radius 2 is 1.88 bits per heavy atom. The van der Waals surface area contributed by atoms with Crippen molar-refractivity contribution in [1.29, 1.82) is 0 Å². The molecule has 0 fully saturated rings. The van der Waals surface area contributed by atoms with Crippen LogP contribution in [0.2, 0.25) is 0 Å². The van der Waals surface area contributed by atoms with Crippen molar-refractivity contribution in [3.63, 3.8) is 0 Å². The third kappa shape index (κ3) is 5.68. The number of rotatable bonds is 8. The number of hydrogen-bond acceptors (Lipinski definition) is 5. The zero-order chi connectivity index (χ0) is 18.2. The molecule has 0 saturated heterocycles. The summed E-state index contributed by atoms with van der Waals surface area (Å²) >= 11 is 0. The number of carbonyl (C=O) groups is 2. The molecule has 2 rings (SSSR count). The van der Waals surface area contributed by atoms with Crippen LogP contribution < -0.4 is 10.6 Å². The molecule has 0 bridgehead atoms. The van der Waals surface area contributed by atoms with Gasteiger partial charge in [0, 0.05) is 26.1 Å². The summed E-state index contributed by atoms with van der Waals surface area (Å²) in [5.41, 5.74) is 2.05. The molecule has 0 spiro atoms. The normalized spacial score (nSPS) is 12.0. The summed E-state index contributed by atoms with van der Waals surface area (Å²) in [7, 11) is 1.91. The number of aromatic nitrogens is 3. The zero-order valence-corrected chi connectivity index (χ0v) is 14.8. The predicted molar refractivity (Wildman–Crippen MR) is 94.1 cm³/mol. The fourth-order valence-electron chi connectivity index (χ4n) is 2.36. The highest BCUT2D eigenvalue weighted by Gasteiger charge is 2.15. The standard InChI is InChI=1S/C17H24N6O2/c1-13(22(3)10-17(25)20-9-8-19-14(2)24)15-4-6-16(7-5-15)23-12-18-11-21-23/h4-7,11-13H,8-10H2,1-3H3,(H,19,24)(H,20,25)/t13-/m1/s1. The predicted octanol–water partition coefficient (Wildman–Crippen LogP) is 0.512. The average Bonchev–Trinajstić information content (AvgIpc) is 3.12. The molecule has 25 heavy (non-hydrogen) atoms. The van der Waals surface area contributed by atoms with Crippen molar-refractivity contribution in [2.45, 2.75) is 19.9 Å². The van der Waals surface area contributed by atoms with Crippen LogP contribution in [0.1, 0.15) is 25.5 Å². The van der Waals surface area contributed by atoms with Gasteiger partial charge in [-0.2, -0.15) is 5.10 Å². The molecule has 0 saturated carbocycles. The quantitative estimate of drug-likeness (QED) is 0.681.